The molecular formula is C26H18FNO3. The second-order valence-electron chi connectivity index (χ2n) is 6.98. The van der Waals surface area contributed by atoms with Gasteiger partial charge in [-0.1, -0.05) is 36.1 Å². The molecule has 31 heavy (non-hydrogen) atoms. The normalized spacial score (nSPS) is 13.8. The molecule has 0 bridgehead atoms. The van der Waals surface area contributed by atoms with Gasteiger partial charge in [0.05, 0.1) is 18.4 Å². The Bertz CT molecular complexity index is 1260. The van der Waals surface area contributed by atoms with E-state index < -0.39 is 17.5 Å². The fraction of sp³-hybridized carbons (Fsp3) is 0.0769. The smallest absolute Gasteiger partial charge is 0.259 e. The van der Waals surface area contributed by atoms with Crippen molar-refractivity contribution in [3.63, 3.8) is 0 Å². The maximum Gasteiger partial charge on any atom is 0.259 e. The number of nitrogens with one attached hydrogen (secondary N) is 1. The molecule has 0 aromatic heterocycles. The second kappa shape index (κ2) is 8.68. The van der Waals surface area contributed by atoms with E-state index in [0.29, 0.717) is 28.8 Å². The number of hydrogen-bond donors (Lipinski definition) is 1. The number of fused-ring (bicyclic) bond motifs is 1. The number of ketones is 1. The van der Waals surface area contributed by atoms with Gasteiger partial charge in [0.2, 0.25) is 5.78 Å². The lowest BCUT2D eigenvalue weighted by atomic mass is 9.93. The first-order chi connectivity index (χ1) is 15.0. The van der Waals surface area contributed by atoms with Crippen LogP contribution in [0.3, 0.4) is 0 Å². The molecule has 3 aromatic rings. The van der Waals surface area contributed by atoms with Gasteiger partial charge in [0.15, 0.2) is 0 Å². The van der Waals surface area contributed by atoms with Crippen molar-refractivity contribution in [2.75, 3.05) is 12.4 Å². The summed E-state index contributed by atoms with van der Waals surface area (Å²) in [5, 5.41) is 2.71. The van der Waals surface area contributed by atoms with Crippen molar-refractivity contribution in [1.82, 2.24) is 0 Å². The zero-order valence-electron chi connectivity index (χ0n) is 16.7. The standard InChI is InChI=1S/C26H18FNO3/c1-31-21-11-8-17(9-12-21)4-2-5-18-10-13-24-22(15-18)25(29)23(26(30)28-24)16-19-6-3-7-20(27)14-19/h3,6-16H,4H2,1H3,(H,28,30). The number of carbonyl (C=O) groups is 2. The number of anilines is 1. The highest BCUT2D eigenvalue weighted by molar-refractivity contribution is 6.36. The summed E-state index contributed by atoms with van der Waals surface area (Å²) in [4.78, 5) is 25.3. The molecule has 1 N–H and O–H groups in total. The Morgan fingerprint density at radius 2 is 1.84 bits per heavy atom. The van der Waals surface area contributed by atoms with Crippen molar-refractivity contribution in [3.05, 3.63) is 100 Å². The van der Waals surface area contributed by atoms with E-state index in [-0.39, 0.29) is 5.57 Å². The van der Waals surface area contributed by atoms with Gasteiger partial charge < -0.3 is 10.1 Å². The third-order valence-electron chi connectivity index (χ3n) is 4.85. The van der Waals surface area contributed by atoms with Gasteiger partial charge in [0.1, 0.15) is 11.6 Å². The van der Waals surface area contributed by atoms with Gasteiger partial charge in [-0.3, -0.25) is 9.59 Å². The Morgan fingerprint density at radius 1 is 1.03 bits per heavy atom. The van der Waals surface area contributed by atoms with Crippen LogP contribution in [-0.4, -0.2) is 18.8 Å². The van der Waals surface area contributed by atoms with Gasteiger partial charge in [-0.15, -0.1) is 0 Å². The van der Waals surface area contributed by atoms with Crippen molar-refractivity contribution in [2.24, 2.45) is 0 Å². The summed E-state index contributed by atoms with van der Waals surface area (Å²) in [6, 6.07) is 18.5. The van der Waals surface area contributed by atoms with E-state index in [0.717, 1.165) is 11.3 Å². The molecule has 3 aromatic carbocycles. The number of hydrogen-bond acceptors (Lipinski definition) is 3. The van der Waals surface area contributed by atoms with E-state index >= 15 is 0 Å². The van der Waals surface area contributed by atoms with Crippen LogP contribution < -0.4 is 10.1 Å². The summed E-state index contributed by atoms with van der Waals surface area (Å²) >= 11 is 0. The zero-order chi connectivity index (χ0) is 21.8. The maximum absolute atomic E-state index is 13.5. The first kappa shape index (κ1) is 20.1. The molecule has 1 amide bonds. The van der Waals surface area contributed by atoms with Crippen LogP contribution in [0.2, 0.25) is 0 Å². The molecule has 0 radical (unpaired) electrons. The number of amides is 1. The number of rotatable bonds is 3. The molecule has 0 spiro atoms. The highest BCUT2D eigenvalue weighted by Gasteiger charge is 2.28. The number of halogens is 1. The molecule has 4 rings (SSSR count). The summed E-state index contributed by atoms with van der Waals surface area (Å²) in [7, 11) is 1.62. The molecule has 152 valence electrons. The lowest BCUT2D eigenvalue weighted by molar-refractivity contribution is -0.112. The molecule has 5 heteroatoms. The zero-order valence-corrected chi connectivity index (χ0v) is 16.7. The monoisotopic (exact) mass is 411 g/mol. The molecule has 4 nitrogen and oxygen atoms in total. The van der Waals surface area contributed by atoms with Crippen molar-refractivity contribution >= 4 is 23.5 Å². The number of Topliss-reactive ketones (excluding diaryl/α,β-unsaturated/α-hetero) is 1. The van der Waals surface area contributed by atoms with Crippen LogP contribution in [-0.2, 0) is 11.2 Å². The van der Waals surface area contributed by atoms with Crippen molar-refractivity contribution in [2.45, 2.75) is 6.42 Å². The predicted octanol–water partition coefficient (Wildman–Crippen LogP) is 4.65. The van der Waals surface area contributed by atoms with Crippen LogP contribution in [0.15, 0.2) is 72.3 Å². The van der Waals surface area contributed by atoms with Gasteiger partial charge in [-0.2, -0.15) is 0 Å². The minimum atomic E-state index is -0.514. The second-order valence-corrected chi connectivity index (χ2v) is 6.98. The van der Waals surface area contributed by atoms with Gasteiger partial charge in [0, 0.05) is 17.5 Å². The number of benzene rings is 3. The van der Waals surface area contributed by atoms with Gasteiger partial charge >= 0.3 is 0 Å². The molecule has 0 saturated carbocycles. The van der Waals surface area contributed by atoms with E-state index in [2.05, 4.69) is 17.2 Å². The number of carbonyl (C=O) groups excluding carboxylic acids is 2. The lowest BCUT2D eigenvalue weighted by Gasteiger charge is -2.18. The lowest BCUT2D eigenvalue weighted by Crippen LogP contribution is -2.27. The molecule has 0 unspecified atom stereocenters. The maximum atomic E-state index is 13.5. The average Bonchev–Trinajstić information content (AvgIpc) is 2.77. The topological polar surface area (TPSA) is 55.4 Å². The number of methoxy groups -OCH3 is 1. The summed E-state index contributed by atoms with van der Waals surface area (Å²) in [6.45, 7) is 0. The molecule has 0 fully saturated rings. The van der Waals surface area contributed by atoms with Crippen molar-refractivity contribution in [1.29, 1.82) is 0 Å². The van der Waals surface area contributed by atoms with E-state index in [1.54, 1.807) is 31.4 Å². The van der Waals surface area contributed by atoms with E-state index in [1.165, 1.54) is 24.3 Å². The Labute approximate surface area is 179 Å². The first-order valence-electron chi connectivity index (χ1n) is 9.62. The Hall–Kier alpha value is -4.17. The highest BCUT2D eigenvalue weighted by Crippen LogP contribution is 2.27. The molecule has 0 atom stereocenters. The predicted molar refractivity (Wildman–Crippen MR) is 117 cm³/mol. The van der Waals surface area contributed by atoms with E-state index in [4.69, 9.17) is 4.74 Å². The summed E-state index contributed by atoms with van der Waals surface area (Å²) < 4.78 is 18.6. The molecule has 1 aliphatic rings. The van der Waals surface area contributed by atoms with Crippen LogP contribution in [0.5, 0.6) is 5.75 Å². The minimum Gasteiger partial charge on any atom is -0.497 e. The van der Waals surface area contributed by atoms with Crippen LogP contribution >= 0.6 is 0 Å². The van der Waals surface area contributed by atoms with E-state index in [1.807, 2.05) is 24.3 Å². The van der Waals surface area contributed by atoms with Crippen LogP contribution in [0.1, 0.15) is 27.0 Å². The molecular weight excluding hydrogens is 393 g/mol. The van der Waals surface area contributed by atoms with Crippen molar-refractivity contribution < 1.29 is 18.7 Å². The van der Waals surface area contributed by atoms with Gasteiger partial charge in [0.25, 0.3) is 5.91 Å². The van der Waals surface area contributed by atoms with Gasteiger partial charge in [-0.25, -0.2) is 4.39 Å². The van der Waals surface area contributed by atoms with Crippen LogP contribution in [0, 0.1) is 17.7 Å². The summed E-state index contributed by atoms with van der Waals surface area (Å²) in [6.07, 6.45) is 1.95. The SMILES string of the molecule is COc1ccc(CC#Cc2ccc3c(c2)C(=O)C(=Cc2cccc(F)c2)C(=O)N3)cc1. The molecule has 0 aliphatic carbocycles. The molecule has 1 heterocycles. The molecule has 1 aliphatic heterocycles. The largest absolute Gasteiger partial charge is 0.497 e. The first-order valence-corrected chi connectivity index (χ1v) is 9.62. The number of ether oxygens (including phenoxy) is 1. The van der Waals surface area contributed by atoms with Crippen molar-refractivity contribution in [3.8, 4) is 17.6 Å². The van der Waals surface area contributed by atoms with Crippen LogP contribution in [0.4, 0.5) is 10.1 Å². The van der Waals surface area contributed by atoms with E-state index in [9.17, 15) is 14.0 Å². The fourth-order valence-corrected chi connectivity index (χ4v) is 3.24. The van der Waals surface area contributed by atoms with Gasteiger partial charge in [-0.05, 0) is 59.7 Å². The Kier molecular flexibility index (Phi) is 5.63. The molecule has 0 saturated heterocycles. The highest BCUT2D eigenvalue weighted by atomic mass is 19.1. The van der Waals surface area contributed by atoms with Crippen LogP contribution in [0.25, 0.3) is 6.08 Å². The Balaban J connectivity index is 1.58. The summed E-state index contributed by atoms with van der Waals surface area (Å²) in [5.41, 5.74) is 2.92. The average molecular weight is 411 g/mol. The third-order valence-corrected chi connectivity index (χ3v) is 4.85. The minimum absolute atomic E-state index is 0.0403. The Morgan fingerprint density at radius 3 is 2.58 bits per heavy atom. The third kappa shape index (κ3) is 4.54. The summed E-state index contributed by atoms with van der Waals surface area (Å²) in [5.74, 6) is 5.58. The fourth-order valence-electron chi connectivity index (χ4n) is 3.24. The quantitative estimate of drug-likeness (QED) is 0.388.